The van der Waals surface area contributed by atoms with Gasteiger partial charge in [0, 0.05) is 11.1 Å². The fourth-order valence-corrected chi connectivity index (χ4v) is 3.72. The van der Waals surface area contributed by atoms with Crippen molar-refractivity contribution in [3.63, 3.8) is 0 Å². The van der Waals surface area contributed by atoms with Crippen LogP contribution in [0.5, 0.6) is 11.5 Å². The molecule has 0 aromatic heterocycles. The summed E-state index contributed by atoms with van der Waals surface area (Å²) >= 11 is 0. The first-order chi connectivity index (χ1) is 16.0. The first-order valence-electron chi connectivity index (χ1n) is 10.8. The second kappa shape index (κ2) is 10.4. The number of carbonyl (C=O) groups is 1. The van der Waals surface area contributed by atoms with Crippen molar-refractivity contribution in [1.29, 1.82) is 0 Å². The van der Waals surface area contributed by atoms with E-state index in [2.05, 4.69) is 5.32 Å². The summed E-state index contributed by atoms with van der Waals surface area (Å²) in [7, 11) is 1.58. The summed E-state index contributed by atoms with van der Waals surface area (Å²) in [5.74, 6) is 1.07. The molecule has 33 heavy (non-hydrogen) atoms. The third kappa shape index (κ3) is 5.62. The number of anilines is 1. The van der Waals surface area contributed by atoms with Crippen molar-refractivity contribution in [3.8, 4) is 11.5 Å². The summed E-state index contributed by atoms with van der Waals surface area (Å²) in [4.78, 5) is 14.7. The zero-order chi connectivity index (χ0) is 23.2. The number of amides is 2. The van der Waals surface area contributed by atoms with Crippen LogP contribution in [0.15, 0.2) is 60.7 Å². The Kier molecular flexibility index (Phi) is 7.10. The van der Waals surface area contributed by atoms with Gasteiger partial charge in [0.2, 0.25) is 0 Å². The maximum atomic E-state index is 13.8. The number of aryl methyl sites for hydroxylation is 1. The number of nitrogens with one attached hydrogen (secondary N) is 1. The van der Waals surface area contributed by atoms with E-state index in [4.69, 9.17) is 14.2 Å². The lowest BCUT2D eigenvalue weighted by Crippen LogP contribution is -2.36. The van der Waals surface area contributed by atoms with Gasteiger partial charge in [0.25, 0.3) is 0 Å². The summed E-state index contributed by atoms with van der Waals surface area (Å²) in [6.07, 6.45) is 0. The molecule has 3 aromatic rings. The number of halogens is 1. The number of hydrogen-bond donors (Lipinski definition) is 1. The molecule has 0 atom stereocenters. The molecule has 1 aliphatic rings. The molecule has 0 spiro atoms. The molecular formula is C26H27FN2O4. The Morgan fingerprint density at radius 2 is 1.97 bits per heavy atom. The zero-order valence-electron chi connectivity index (χ0n) is 18.8. The van der Waals surface area contributed by atoms with Gasteiger partial charge in [0.05, 0.1) is 39.1 Å². The largest absolute Gasteiger partial charge is 0.495 e. The number of hydrogen-bond acceptors (Lipinski definition) is 4. The van der Waals surface area contributed by atoms with Crippen LogP contribution < -0.4 is 14.8 Å². The van der Waals surface area contributed by atoms with Crippen molar-refractivity contribution >= 4 is 11.7 Å². The van der Waals surface area contributed by atoms with Crippen LogP contribution in [0.25, 0.3) is 0 Å². The van der Waals surface area contributed by atoms with Gasteiger partial charge >= 0.3 is 6.03 Å². The third-order valence-corrected chi connectivity index (χ3v) is 5.47. The average molecular weight is 451 g/mol. The summed E-state index contributed by atoms with van der Waals surface area (Å²) < 4.78 is 30.7. The van der Waals surface area contributed by atoms with Crippen molar-refractivity contribution in [2.24, 2.45) is 0 Å². The smallest absolute Gasteiger partial charge is 0.322 e. The quantitative estimate of drug-likeness (QED) is 0.555. The van der Waals surface area contributed by atoms with Gasteiger partial charge in [-0.15, -0.1) is 0 Å². The van der Waals surface area contributed by atoms with E-state index in [9.17, 15) is 9.18 Å². The van der Waals surface area contributed by atoms with E-state index >= 15 is 0 Å². The minimum atomic E-state index is -0.278. The Balaban J connectivity index is 1.42. The van der Waals surface area contributed by atoms with Crippen molar-refractivity contribution < 1.29 is 23.4 Å². The molecule has 0 bridgehead atoms. The number of methoxy groups -OCH3 is 1. The van der Waals surface area contributed by atoms with Crippen LogP contribution in [0.1, 0.15) is 22.3 Å². The summed E-state index contributed by atoms with van der Waals surface area (Å²) in [6.45, 7) is 3.72. The maximum absolute atomic E-state index is 13.8. The van der Waals surface area contributed by atoms with E-state index in [-0.39, 0.29) is 18.5 Å². The SMILES string of the molecule is COc1ccc(C)cc1NC(=O)N1CCOc2ccc(COCc3ccccc3F)cc2C1. The molecule has 1 aliphatic heterocycles. The van der Waals surface area contributed by atoms with Crippen LogP contribution in [0.4, 0.5) is 14.9 Å². The summed E-state index contributed by atoms with van der Waals surface area (Å²) in [6, 6.07) is 17.8. The highest BCUT2D eigenvalue weighted by atomic mass is 19.1. The Labute approximate surface area is 192 Å². The number of carbonyl (C=O) groups excluding carboxylic acids is 1. The fourth-order valence-electron chi connectivity index (χ4n) is 3.72. The molecule has 0 radical (unpaired) electrons. The lowest BCUT2D eigenvalue weighted by molar-refractivity contribution is 0.105. The average Bonchev–Trinajstić information content (AvgIpc) is 3.03. The lowest BCUT2D eigenvalue weighted by atomic mass is 10.1. The van der Waals surface area contributed by atoms with Gasteiger partial charge < -0.3 is 24.4 Å². The number of ether oxygens (including phenoxy) is 3. The van der Waals surface area contributed by atoms with Gasteiger partial charge in [-0.1, -0.05) is 30.3 Å². The number of nitrogens with zero attached hydrogens (tertiary/aromatic N) is 1. The zero-order valence-corrected chi connectivity index (χ0v) is 18.8. The summed E-state index contributed by atoms with van der Waals surface area (Å²) in [5, 5.41) is 2.95. The highest BCUT2D eigenvalue weighted by Crippen LogP contribution is 2.28. The highest BCUT2D eigenvalue weighted by Gasteiger charge is 2.21. The van der Waals surface area contributed by atoms with E-state index < -0.39 is 0 Å². The molecule has 4 rings (SSSR count). The molecule has 172 valence electrons. The second-order valence-electron chi connectivity index (χ2n) is 7.93. The van der Waals surface area contributed by atoms with E-state index in [0.717, 1.165) is 22.4 Å². The molecule has 2 amide bonds. The number of benzene rings is 3. The second-order valence-corrected chi connectivity index (χ2v) is 7.93. The lowest BCUT2D eigenvalue weighted by Gasteiger charge is -2.21. The Bertz CT molecular complexity index is 1140. The normalized spacial score (nSPS) is 13.0. The molecule has 6 nitrogen and oxygen atoms in total. The molecule has 3 aromatic carbocycles. The Morgan fingerprint density at radius 3 is 2.79 bits per heavy atom. The molecular weight excluding hydrogens is 423 g/mol. The van der Waals surface area contributed by atoms with Gasteiger partial charge in [-0.05, 0) is 48.4 Å². The topological polar surface area (TPSA) is 60.0 Å². The van der Waals surface area contributed by atoms with Gasteiger partial charge in [-0.2, -0.15) is 0 Å². The molecule has 1 heterocycles. The van der Waals surface area contributed by atoms with Crippen molar-refractivity contribution in [2.45, 2.75) is 26.7 Å². The fraction of sp³-hybridized carbons (Fsp3) is 0.269. The van der Waals surface area contributed by atoms with Crippen LogP contribution >= 0.6 is 0 Å². The van der Waals surface area contributed by atoms with E-state index in [1.54, 1.807) is 30.2 Å². The van der Waals surface area contributed by atoms with E-state index in [0.29, 0.717) is 43.3 Å². The first-order valence-corrected chi connectivity index (χ1v) is 10.8. The van der Waals surface area contributed by atoms with Gasteiger partial charge in [0.1, 0.15) is 23.9 Å². The van der Waals surface area contributed by atoms with E-state index in [1.807, 2.05) is 43.3 Å². The summed E-state index contributed by atoms with van der Waals surface area (Å²) in [5.41, 5.74) is 3.99. The van der Waals surface area contributed by atoms with Gasteiger partial charge in [-0.25, -0.2) is 9.18 Å². The minimum Gasteiger partial charge on any atom is -0.495 e. The molecule has 0 unspecified atom stereocenters. The first kappa shape index (κ1) is 22.6. The maximum Gasteiger partial charge on any atom is 0.322 e. The van der Waals surface area contributed by atoms with Crippen molar-refractivity contribution in [2.75, 3.05) is 25.6 Å². The van der Waals surface area contributed by atoms with Crippen molar-refractivity contribution in [1.82, 2.24) is 4.90 Å². The number of urea groups is 1. The van der Waals surface area contributed by atoms with Crippen LogP contribution in [0.2, 0.25) is 0 Å². The molecule has 0 saturated heterocycles. The highest BCUT2D eigenvalue weighted by molar-refractivity contribution is 5.91. The number of rotatable bonds is 6. The van der Waals surface area contributed by atoms with Crippen LogP contribution in [-0.4, -0.2) is 31.2 Å². The van der Waals surface area contributed by atoms with Crippen LogP contribution in [0.3, 0.4) is 0 Å². The Hall–Kier alpha value is -3.58. The predicted octanol–water partition coefficient (Wildman–Crippen LogP) is 5.29. The van der Waals surface area contributed by atoms with Crippen LogP contribution in [0, 0.1) is 12.7 Å². The Morgan fingerprint density at radius 1 is 1.12 bits per heavy atom. The molecule has 7 heteroatoms. The number of fused-ring (bicyclic) bond motifs is 1. The molecule has 0 saturated carbocycles. The van der Waals surface area contributed by atoms with E-state index in [1.165, 1.54) is 6.07 Å². The minimum absolute atomic E-state index is 0.188. The van der Waals surface area contributed by atoms with Crippen molar-refractivity contribution in [3.05, 3.63) is 88.7 Å². The molecule has 1 N–H and O–H groups in total. The van der Waals surface area contributed by atoms with Gasteiger partial charge in [-0.3, -0.25) is 0 Å². The standard InChI is InChI=1S/C26H27FN2O4/c1-18-7-9-25(31-2)23(13-18)28-26(30)29-11-12-33-24-10-8-19(14-21(24)15-29)16-32-17-20-5-3-4-6-22(20)27/h3-10,13-14H,11-12,15-17H2,1-2H3,(H,28,30). The predicted molar refractivity (Wildman–Crippen MR) is 124 cm³/mol. The molecule has 0 aliphatic carbocycles. The van der Waals surface area contributed by atoms with Gasteiger partial charge in [0.15, 0.2) is 0 Å². The monoisotopic (exact) mass is 450 g/mol. The third-order valence-electron chi connectivity index (χ3n) is 5.47. The molecule has 0 fully saturated rings. The van der Waals surface area contributed by atoms with Crippen LogP contribution in [-0.2, 0) is 24.5 Å².